The van der Waals surface area contributed by atoms with E-state index in [-0.39, 0.29) is 6.04 Å². The quantitative estimate of drug-likeness (QED) is 0.732. The van der Waals surface area contributed by atoms with Crippen LogP contribution in [0.2, 0.25) is 5.02 Å². The second-order valence-corrected chi connectivity index (χ2v) is 5.45. The number of halogens is 1. The summed E-state index contributed by atoms with van der Waals surface area (Å²) in [6.07, 6.45) is 1.00. The average Bonchev–Trinajstić information content (AvgIpc) is 2.87. The van der Waals surface area contributed by atoms with E-state index in [1.165, 1.54) is 4.88 Å². The molecule has 1 atom stereocenters. The van der Waals surface area contributed by atoms with Crippen molar-refractivity contribution in [3.05, 3.63) is 51.7 Å². The maximum Gasteiger partial charge on any atom is 0.147 e. The van der Waals surface area contributed by atoms with Gasteiger partial charge in [-0.25, -0.2) is 0 Å². The van der Waals surface area contributed by atoms with Crippen LogP contribution in [0.25, 0.3) is 0 Å². The highest BCUT2D eigenvalue weighted by molar-refractivity contribution is 7.10. The van der Waals surface area contributed by atoms with E-state index < -0.39 is 0 Å². The molecule has 96 valence electrons. The zero-order chi connectivity index (χ0) is 13.0. The maximum atomic E-state index is 5.85. The minimum atomic E-state index is 0.278. The van der Waals surface area contributed by atoms with E-state index in [2.05, 4.69) is 24.4 Å². The van der Waals surface area contributed by atoms with E-state index in [9.17, 15) is 0 Å². The first-order valence-corrected chi connectivity index (χ1v) is 7.16. The smallest absolute Gasteiger partial charge is 0.147 e. The van der Waals surface area contributed by atoms with Crippen molar-refractivity contribution < 1.29 is 4.84 Å². The van der Waals surface area contributed by atoms with E-state index in [1.807, 2.05) is 36.4 Å². The first-order valence-electron chi connectivity index (χ1n) is 5.90. The molecule has 2 rings (SSSR count). The van der Waals surface area contributed by atoms with E-state index >= 15 is 0 Å². The second-order valence-electron chi connectivity index (χ2n) is 4.03. The first kappa shape index (κ1) is 13.4. The zero-order valence-corrected chi connectivity index (χ0v) is 12.0. The van der Waals surface area contributed by atoms with Crippen LogP contribution in [0.5, 0.6) is 5.75 Å². The molecule has 0 saturated carbocycles. The van der Waals surface area contributed by atoms with Crippen molar-refractivity contribution >= 4 is 22.9 Å². The van der Waals surface area contributed by atoms with Crippen molar-refractivity contribution in [2.75, 3.05) is 7.05 Å². The Morgan fingerprint density at radius 1 is 1.28 bits per heavy atom. The fourth-order valence-electron chi connectivity index (χ4n) is 1.84. The van der Waals surface area contributed by atoms with Crippen molar-refractivity contribution in [1.82, 2.24) is 5.06 Å². The predicted molar refractivity (Wildman–Crippen MR) is 77.2 cm³/mol. The number of rotatable bonds is 5. The van der Waals surface area contributed by atoms with Crippen LogP contribution >= 0.6 is 22.9 Å². The van der Waals surface area contributed by atoms with Gasteiger partial charge >= 0.3 is 0 Å². The lowest BCUT2D eigenvalue weighted by Gasteiger charge is -2.25. The number of hydrogen-bond acceptors (Lipinski definition) is 3. The van der Waals surface area contributed by atoms with Gasteiger partial charge in [-0.2, -0.15) is 0 Å². The minimum Gasteiger partial charge on any atom is -0.406 e. The molecule has 1 aromatic heterocycles. The van der Waals surface area contributed by atoms with Gasteiger partial charge in [0.15, 0.2) is 0 Å². The van der Waals surface area contributed by atoms with Gasteiger partial charge in [-0.15, -0.1) is 16.4 Å². The molecule has 2 nitrogen and oxygen atoms in total. The van der Waals surface area contributed by atoms with Crippen molar-refractivity contribution in [3.63, 3.8) is 0 Å². The summed E-state index contributed by atoms with van der Waals surface area (Å²) in [5.74, 6) is 0.803. The molecule has 0 amide bonds. The monoisotopic (exact) mass is 281 g/mol. The van der Waals surface area contributed by atoms with Gasteiger partial charge in [0.1, 0.15) is 5.75 Å². The lowest BCUT2D eigenvalue weighted by Crippen LogP contribution is -2.27. The van der Waals surface area contributed by atoms with Gasteiger partial charge in [-0.1, -0.05) is 24.6 Å². The molecule has 1 heterocycles. The van der Waals surface area contributed by atoms with Gasteiger partial charge in [-0.3, -0.25) is 0 Å². The summed E-state index contributed by atoms with van der Waals surface area (Å²) in [4.78, 5) is 7.14. The Balaban J connectivity index is 2.06. The van der Waals surface area contributed by atoms with Crippen LogP contribution in [0.4, 0.5) is 0 Å². The van der Waals surface area contributed by atoms with Crippen LogP contribution in [-0.2, 0) is 0 Å². The highest BCUT2D eigenvalue weighted by Crippen LogP contribution is 2.28. The summed E-state index contributed by atoms with van der Waals surface area (Å²) in [7, 11) is 1.96. The Kier molecular flexibility index (Phi) is 4.64. The Morgan fingerprint density at radius 2 is 2.00 bits per heavy atom. The number of nitrogens with zero attached hydrogens (tertiary/aromatic N) is 1. The van der Waals surface area contributed by atoms with E-state index in [1.54, 1.807) is 11.3 Å². The van der Waals surface area contributed by atoms with Crippen LogP contribution in [0.15, 0.2) is 41.8 Å². The number of hydroxylamine groups is 2. The van der Waals surface area contributed by atoms with Crippen LogP contribution in [0.1, 0.15) is 24.3 Å². The summed E-state index contributed by atoms with van der Waals surface area (Å²) in [5.41, 5.74) is 0. The van der Waals surface area contributed by atoms with Crippen LogP contribution < -0.4 is 4.84 Å². The largest absolute Gasteiger partial charge is 0.406 e. The maximum absolute atomic E-state index is 5.85. The normalized spacial score (nSPS) is 12.7. The molecule has 0 N–H and O–H groups in total. The molecule has 0 saturated heterocycles. The van der Waals surface area contributed by atoms with Crippen molar-refractivity contribution in [3.8, 4) is 5.75 Å². The summed E-state index contributed by atoms with van der Waals surface area (Å²) < 4.78 is 0. The summed E-state index contributed by atoms with van der Waals surface area (Å²) in [6, 6.07) is 11.9. The molecule has 0 bridgehead atoms. The Labute approximate surface area is 117 Å². The highest BCUT2D eigenvalue weighted by Gasteiger charge is 2.17. The first-order chi connectivity index (χ1) is 8.70. The Hall–Kier alpha value is -1.03. The number of hydrogen-bond donors (Lipinski definition) is 0. The predicted octanol–water partition coefficient (Wildman–Crippen LogP) is 4.78. The molecule has 0 radical (unpaired) electrons. The standard InChI is InChI=1S/C14H16ClNOS/c1-3-13(14-5-4-10-18-14)16(2)17-12-8-6-11(15)7-9-12/h4-10,13H,3H2,1-2H3. The number of thiophene rings is 1. The molecule has 18 heavy (non-hydrogen) atoms. The second kappa shape index (κ2) is 6.23. The van der Waals surface area contributed by atoms with Crippen molar-refractivity contribution in [2.24, 2.45) is 0 Å². The van der Waals surface area contributed by atoms with Gasteiger partial charge in [0.05, 0.1) is 6.04 Å². The van der Waals surface area contributed by atoms with E-state index in [0.29, 0.717) is 0 Å². The highest BCUT2D eigenvalue weighted by atomic mass is 35.5. The van der Waals surface area contributed by atoms with Gasteiger partial charge in [0.25, 0.3) is 0 Å². The molecule has 0 aliphatic heterocycles. The average molecular weight is 282 g/mol. The molecule has 0 fully saturated rings. The zero-order valence-electron chi connectivity index (χ0n) is 10.5. The van der Waals surface area contributed by atoms with Gasteiger partial charge in [0, 0.05) is 16.9 Å². The summed E-state index contributed by atoms with van der Waals surface area (Å²) >= 11 is 7.61. The van der Waals surface area contributed by atoms with Crippen molar-refractivity contribution in [2.45, 2.75) is 19.4 Å². The van der Waals surface area contributed by atoms with E-state index in [0.717, 1.165) is 17.2 Å². The third-order valence-electron chi connectivity index (χ3n) is 2.76. The molecule has 2 aromatic rings. The van der Waals surface area contributed by atoms with Gasteiger partial charge in [0.2, 0.25) is 0 Å². The SMILES string of the molecule is CCC(c1cccs1)N(C)Oc1ccc(Cl)cc1. The van der Waals surface area contributed by atoms with Crippen molar-refractivity contribution in [1.29, 1.82) is 0 Å². The fourth-order valence-corrected chi connectivity index (χ4v) is 2.91. The molecule has 0 aliphatic carbocycles. The van der Waals surface area contributed by atoms with Gasteiger partial charge in [-0.05, 0) is 42.1 Å². The molecular weight excluding hydrogens is 266 g/mol. The molecule has 0 spiro atoms. The molecular formula is C14H16ClNOS. The Morgan fingerprint density at radius 3 is 2.56 bits per heavy atom. The fraction of sp³-hybridized carbons (Fsp3) is 0.286. The molecule has 1 aromatic carbocycles. The molecule has 0 aliphatic rings. The Bertz CT molecular complexity index is 469. The van der Waals surface area contributed by atoms with Gasteiger partial charge < -0.3 is 4.84 Å². The topological polar surface area (TPSA) is 12.5 Å². The van der Waals surface area contributed by atoms with Crippen LogP contribution in [-0.4, -0.2) is 12.1 Å². The summed E-state index contributed by atoms with van der Waals surface area (Å²) in [5, 5.41) is 4.71. The van der Waals surface area contributed by atoms with E-state index in [4.69, 9.17) is 16.4 Å². The molecule has 4 heteroatoms. The third kappa shape index (κ3) is 3.25. The summed E-state index contributed by atoms with van der Waals surface area (Å²) in [6.45, 7) is 2.16. The number of benzene rings is 1. The third-order valence-corrected chi connectivity index (χ3v) is 3.99. The lowest BCUT2D eigenvalue weighted by atomic mass is 10.2. The van der Waals surface area contributed by atoms with Crippen LogP contribution in [0.3, 0.4) is 0 Å². The minimum absolute atomic E-state index is 0.278. The molecule has 1 unspecified atom stereocenters. The van der Waals surface area contributed by atoms with Crippen LogP contribution in [0, 0.1) is 0 Å². The lowest BCUT2D eigenvalue weighted by molar-refractivity contribution is -0.0724.